The van der Waals surface area contributed by atoms with Crippen molar-refractivity contribution in [3.63, 3.8) is 0 Å². The van der Waals surface area contributed by atoms with Crippen LogP contribution in [-0.2, 0) is 17.8 Å². The Labute approximate surface area is 160 Å². The molecule has 1 amide bonds. The second-order valence-electron chi connectivity index (χ2n) is 6.44. The van der Waals surface area contributed by atoms with Crippen LogP contribution in [0, 0.1) is 0 Å². The van der Waals surface area contributed by atoms with Gasteiger partial charge < -0.3 is 10.1 Å². The minimum Gasteiger partial charge on any atom is -0.487 e. The second kappa shape index (κ2) is 6.52. The van der Waals surface area contributed by atoms with Crippen LogP contribution in [0.4, 0.5) is 5.13 Å². The van der Waals surface area contributed by atoms with E-state index in [9.17, 15) is 4.79 Å². The molecule has 0 aliphatic carbocycles. The van der Waals surface area contributed by atoms with Crippen LogP contribution in [0.5, 0.6) is 5.75 Å². The zero-order valence-electron chi connectivity index (χ0n) is 14.4. The number of carbonyl (C=O) groups is 1. The molecule has 1 aromatic heterocycles. The number of nitrogens with one attached hydrogen (secondary N) is 1. The molecule has 27 heavy (non-hydrogen) atoms. The third-order valence-electron chi connectivity index (χ3n) is 4.68. The van der Waals surface area contributed by atoms with Gasteiger partial charge in [0.2, 0.25) is 5.91 Å². The van der Waals surface area contributed by atoms with Crippen molar-refractivity contribution in [2.24, 2.45) is 0 Å². The van der Waals surface area contributed by atoms with E-state index in [0.717, 1.165) is 38.2 Å². The van der Waals surface area contributed by atoms with Crippen molar-refractivity contribution >= 4 is 33.1 Å². The first-order chi connectivity index (χ1) is 13.3. The van der Waals surface area contributed by atoms with Crippen LogP contribution in [-0.4, -0.2) is 10.9 Å². The van der Waals surface area contributed by atoms with E-state index in [4.69, 9.17) is 4.74 Å². The number of amides is 1. The van der Waals surface area contributed by atoms with Gasteiger partial charge in [-0.3, -0.25) is 4.79 Å². The fraction of sp³-hybridized carbons (Fsp3) is 0.0909. The first-order valence-electron chi connectivity index (χ1n) is 8.76. The molecule has 0 bridgehead atoms. The van der Waals surface area contributed by atoms with Gasteiger partial charge in [-0.25, -0.2) is 4.98 Å². The lowest BCUT2D eigenvalue weighted by atomic mass is 10.0. The van der Waals surface area contributed by atoms with Crippen LogP contribution in [0.1, 0.15) is 10.4 Å². The zero-order valence-corrected chi connectivity index (χ0v) is 15.3. The van der Waals surface area contributed by atoms with Crippen molar-refractivity contribution < 1.29 is 9.53 Å². The van der Waals surface area contributed by atoms with Gasteiger partial charge in [0.15, 0.2) is 5.13 Å². The Kier molecular flexibility index (Phi) is 3.87. The molecule has 0 spiro atoms. The highest BCUT2D eigenvalue weighted by Crippen LogP contribution is 2.40. The molecule has 132 valence electrons. The summed E-state index contributed by atoms with van der Waals surface area (Å²) in [5.41, 5.74) is 2.90. The molecule has 0 saturated heterocycles. The molecule has 0 saturated carbocycles. The number of ether oxygens (including phenoxy) is 1. The zero-order chi connectivity index (χ0) is 18.2. The van der Waals surface area contributed by atoms with Gasteiger partial charge in [0.1, 0.15) is 12.4 Å². The van der Waals surface area contributed by atoms with Crippen LogP contribution >= 0.6 is 11.3 Å². The molecular weight excluding hydrogens is 356 g/mol. The lowest BCUT2D eigenvalue weighted by molar-refractivity contribution is -0.115. The highest BCUT2D eigenvalue weighted by atomic mass is 32.1. The van der Waals surface area contributed by atoms with Crippen LogP contribution in [0.15, 0.2) is 66.7 Å². The molecule has 1 N–H and O–H groups in total. The Bertz CT molecular complexity index is 1160. The largest absolute Gasteiger partial charge is 0.487 e. The van der Waals surface area contributed by atoms with Crippen LogP contribution in [0.2, 0.25) is 0 Å². The predicted octanol–water partition coefficient (Wildman–Crippen LogP) is 5.04. The molecule has 1 aliphatic rings. The summed E-state index contributed by atoms with van der Waals surface area (Å²) in [4.78, 5) is 18.3. The predicted molar refractivity (Wildman–Crippen MR) is 108 cm³/mol. The molecule has 1 aliphatic heterocycles. The van der Waals surface area contributed by atoms with Gasteiger partial charge >= 0.3 is 0 Å². The lowest BCUT2D eigenvalue weighted by Gasteiger charge is -2.15. The average molecular weight is 372 g/mol. The number of nitrogens with zero attached hydrogens (tertiary/aromatic N) is 1. The fourth-order valence-electron chi connectivity index (χ4n) is 3.43. The van der Waals surface area contributed by atoms with Gasteiger partial charge in [-0.2, -0.15) is 0 Å². The number of anilines is 1. The number of hydrogen-bond acceptors (Lipinski definition) is 4. The first-order valence-corrected chi connectivity index (χ1v) is 9.58. The maximum absolute atomic E-state index is 12.6. The number of hydrogen-bond donors (Lipinski definition) is 1. The molecule has 5 rings (SSSR count). The molecule has 0 atom stereocenters. The standard InChI is InChI=1S/C22H16N2O2S/c25-20(12-15-8-5-7-14-6-1-2-9-16(14)15)23-22-24-21-17-10-3-4-11-18(17)26-13-19(21)27-22/h1-11H,12-13H2,(H,23,24,25). The quantitative estimate of drug-likeness (QED) is 0.548. The summed E-state index contributed by atoms with van der Waals surface area (Å²) in [5.74, 6) is 0.774. The topological polar surface area (TPSA) is 51.2 Å². The van der Waals surface area contributed by atoms with Crippen molar-refractivity contribution in [3.05, 3.63) is 77.2 Å². The number of para-hydroxylation sites is 1. The van der Waals surface area contributed by atoms with Gasteiger partial charge in [-0.15, -0.1) is 0 Å². The number of benzene rings is 3. The van der Waals surface area contributed by atoms with E-state index in [1.54, 1.807) is 0 Å². The van der Waals surface area contributed by atoms with E-state index in [-0.39, 0.29) is 5.91 Å². The van der Waals surface area contributed by atoms with Crippen LogP contribution in [0.3, 0.4) is 0 Å². The summed E-state index contributed by atoms with van der Waals surface area (Å²) in [6, 6.07) is 22.0. The maximum atomic E-state index is 12.6. The number of rotatable bonds is 3. The van der Waals surface area contributed by atoms with Gasteiger partial charge in [-0.05, 0) is 28.5 Å². The second-order valence-corrected chi connectivity index (χ2v) is 7.52. The normalized spacial score (nSPS) is 12.1. The van der Waals surface area contributed by atoms with Crippen molar-refractivity contribution in [2.75, 3.05) is 5.32 Å². The third kappa shape index (κ3) is 2.96. The van der Waals surface area contributed by atoms with E-state index >= 15 is 0 Å². The SMILES string of the molecule is O=C(Cc1cccc2ccccc12)Nc1nc2c(s1)COc1ccccc1-2. The van der Waals surface area contributed by atoms with Crippen molar-refractivity contribution in [1.82, 2.24) is 4.98 Å². The summed E-state index contributed by atoms with van der Waals surface area (Å²) < 4.78 is 5.77. The van der Waals surface area contributed by atoms with Gasteiger partial charge in [0.25, 0.3) is 0 Å². The number of thiazole rings is 1. The Balaban J connectivity index is 1.39. The third-order valence-corrected chi connectivity index (χ3v) is 5.62. The van der Waals surface area contributed by atoms with E-state index < -0.39 is 0 Å². The average Bonchev–Trinajstić information content (AvgIpc) is 3.11. The summed E-state index contributed by atoms with van der Waals surface area (Å²) in [7, 11) is 0. The minimum absolute atomic E-state index is 0.0633. The molecular formula is C22H16N2O2S. The number of carbonyl (C=O) groups excluding carboxylic acids is 1. The van der Waals surface area contributed by atoms with Crippen molar-refractivity contribution in [3.8, 4) is 17.0 Å². The van der Waals surface area contributed by atoms with Crippen molar-refractivity contribution in [1.29, 1.82) is 0 Å². The molecule has 4 aromatic rings. The van der Waals surface area contributed by atoms with E-state index in [0.29, 0.717) is 18.2 Å². The Morgan fingerprint density at radius 3 is 2.81 bits per heavy atom. The van der Waals surface area contributed by atoms with Gasteiger partial charge in [-0.1, -0.05) is 65.9 Å². The Hall–Kier alpha value is -3.18. The summed E-state index contributed by atoms with van der Waals surface area (Å²) >= 11 is 1.47. The van der Waals surface area contributed by atoms with E-state index in [1.165, 1.54) is 11.3 Å². The number of fused-ring (bicyclic) bond motifs is 4. The minimum atomic E-state index is -0.0633. The first kappa shape index (κ1) is 16.0. The molecule has 2 heterocycles. The van der Waals surface area contributed by atoms with Crippen molar-refractivity contribution in [2.45, 2.75) is 13.0 Å². The Morgan fingerprint density at radius 2 is 1.85 bits per heavy atom. The summed E-state index contributed by atoms with van der Waals surface area (Å²) in [6.45, 7) is 0.489. The highest BCUT2D eigenvalue weighted by molar-refractivity contribution is 7.16. The van der Waals surface area contributed by atoms with Crippen LogP contribution in [0.25, 0.3) is 22.0 Å². The monoisotopic (exact) mass is 372 g/mol. The van der Waals surface area contributed by atoms with Crippen LogP contribution < -0.4 is 10.1 Å². The smallest absolute Gasteiger partial charge is 0.230 e. The molecule has 4 nitrogen and oxygen atoms in total. The molecule has 0 unspecified atom stereocenters. The summed E-state index contributed by atoms with van der Waals surface area (Å²) in [6.07, 6.45) is 0.318. The molecule has 0 fully saturated rings. The van der Waals surface area contributed by atoms with Gasteiger partial charge in [0.05, 0.1) is 17.0 Å². The van der Waals surface area contributed by atoms with E-state index in [1.807, 2.05) is 54.6 Å². The van der Waals surface area contributed by atoms with Gasteiger partial charge in [0, 0.05) is 5.56 Å². The lowest BCUT2D eigenvalue weighted by Crippen LogP contribution is -2.14. The molecule has 0 radical (unpaired) electrons. The molecule has 3 aromatic carbocycles. The maximum Gasteiger partial charge on any atom is 0.230 e. The summed E-state index contributed by atoms with van der Waals surface area (Å²) in [5, 5.41) is 5.82. The number of aromatic nitrogens is 1. The highest BCUT2D eigenvalue weighted by Gasteiger charge is 2.22. The molecule has 5 heteroatoms. The Morgan fingerprint density at radius 1 is 1.04 bits per heavy atom. The fourth-order valence-corrected chi connectivity index (χ4v) is 4.33. The van der Waals surface area contributed by atoms with E-state index in [2.05, 4.69) is 22.4 Å².